The van der Waals surface area contributed by atoms with Crippen LogP contribution < -0.4 is 4.90 Å². The van der Waals surface area contributed by atoms with Gasteiger partial charge in [0.15, 0.2) is 0 Å². The zero-order valence-corrected chi connectivity index (χ0v) is 11.4. The summed E-state index contributed by atoms with van der Waals surface area (Å²) in [5, 5.41) is -0.444. The van der Waals surface area contributed by atoms with Crippen molar-refractivity contribution in [2.75, 3.05) is 4.90 Å². The molecule has 0 spiro atoms. The summed E-state index contributed by atoms with van der Waals surface area (Å²) >= 11 is 5.55. The van der Waals surface area contributed by atoms with Crippen LogP contribution in [-0.2, 0) is 4.79 Å². The summed E-state index contributed by atoms with van der Waals surface area (Å²) in [5.74, 6) is -0.0882. The van der Waals surface area contributed by atoms with E-state index < -0.39 is 5.24 Å². The highest BCUT2D eigenvalue weighted by Crippen LogP contribution is 2.39. The molecule has 0 bridgehead atoms. The summed E-state index contributed by atoms with van der Waals surface area (Å²) in [6.45, 7) is 0. The van der Waals surface area contributed by atoms with Gasteiger partial charge in [0.1, 0.15) is 0 Å². The molecule has 20 heavy (non-hydrogen) atoms. The molecule has 3 rings (SSSR count). The lowest BCUT2D eigenvalue weighted by atomic mass is 10.0. The Morgan fingerprint density at radius 3 is 2.40 bits per heavy atom. The van der Waals surface area contributed by atoms with Crippen molar-refractivity contribution in [1.29, 1.82) is 0 Å². The van der Waals surface area contributed by atoms with Crippen molar-refractivity contribution in [3.63, 3.8) is 0 Å². The molecule has 0 radical (unpaired) electrons. The number of rotatable bonds is 3. The van der Waals surface area contributed by atoms with Gasteiger partial charge in [0, 0.05) is 17.7 Å². The summed E-state index contributed by atoms with van der Waals surface area (Å²) in [7, 11) is 0. The summed E-state index contributed by atoms with van der Waals surface area (Å²) in [6.07, 6.45) is 0.110. The Morgan fingerprint density at radius 2 is 1.70 bits per heavy atom. The SMILES string of the molecule is O=C(Cl)CC1c2ccccc2C(=O)N1c1ccccc1. The number of amides is 1. The van der Waals surface area contributed by atoms with E-state index in [4.69, 9.17) is 11.6 Å². The van der Waals surface area contributed by atoms with Crippen molar-refractivity contribution in [2.45, 2.75) is 12.5 Å². The number of benzene rings is 2. The number of anilines is 1. The quantitative estimate of drug-likeness (QED) is 0.809. The molecule has 0 aromatic heterocycles. The van der Waals surface area contributed by atoms with Gasteiger partial charge in [0.2, 0.25) is 5.24 Å². The lowest BCUT2D eigenvalue weighted by molar-refractivity contribution is -0.112. The molecule has 1 heterocycles. The average molecular weight is 286 g/mol. The highest BCUT2D eigenvalue weighted by atomic mass is 35.5. The van der Waals surface area contributed by atoms with Gasteiger partial charge in [-0.2, -0.15) is 0 Å². The van der Waals surface area contributed by atoms with Crippen molar-refractivity contribution in [3.8, 4) is 0 Å². The van der Waals surface area contributed by atoms with Gasteiger partial charge in [-0.25, -0.2) is 0 Å². The second-order valence-corrected chi connectivity index (χ2v) is 5.09. The highest BCUT2D eigenvalue weighted by Gasteiger charge is 2.38. The van der Waals surface area contributed by atoms with Crippen LogP contribution in [0.25, 0.3) is 0 Å². The van der Waals surface area contributed by atoms with E-state index in [9.17, 15) is 9.59 Å². The van der Waals surface area contributed by atoms with Crippen molar-refractivity contribution in [2.24, 2.45) is 0 Å². The molecule has 0 fully saturated rings. The fraction of sp³-hybridized carbons (Fsp3) is 0.125. The van der Waals surface area contributed by atoms with Crippen molar-refractivity contribution in [3.05, 3.63) is 65.7 Å². The third-order valence-electron chi connectivity index (χ3n) is 3.47. The van der Waals surface area contributed by atoms with E-state index in [1.165, 1.54) is 0 Å². The predicted octanol–water partition coefficient (Wildman–Crippen LogP) is 3.54. The van der Waals surface area contributed by atoms with E-state index in [1.54, 1.807) is 11.0 Å². The Kier molecular flexibility index (Phi) is 3.28. The molecular formula is C16H12ClNO2. The van der Waals surface area contributed by atoms with Gasteiger partial charge in [0.25, 0.3) is 5.91 Å². The first kappa shape index (κ1) is 12.9. The molecule has 0 saturated heterocycles. The number of fused-ring (bicyclic) bond motifs is 1. The van der Waals surface area contributed by atoms with E-state index in [0.29, 0.717) is 5.56 Å². The van der Waals surface area contributed by atoms with Crippen LogP contribution >= 0.6 is 11.6 Å². The number of hydrogen-bond donors (Lipinski definition) is 0. The van der Waals surface area contributed by atoms with Gasteiger partial charge in [-0.1, -0.05) is 36.4 Å². The van der Waals surface area contributed by atoms with Crippen LogP contribution in [0.2, 0.25) is 0 Å². The number of nitrogens with zero attached hydrogens (tertiary/aromatic N) is 1. The first-order chi connectivity index (χ1) is 9.68. The van der Waals surface area contributed by atoms with Crippen LogP contribution in [0.15, 0.2) is 54.6 Å². The van der Waals surface area contributed by atoms with Gasteiger partial charge in [-0.15, -0.1) is 0 Å². The monoisotopic (exact) mass is 285 g/mol. The topological polar surface area (TPSA) is 37.4 Å². The number of carbonyl (C=O) groups is 2. The van der Waals surface area contributed by atoms with Gasteiger partial charge >= 0.3 is 0 Å². The number of para-hydroxylation sites is 1. The minimum Gasteiger partial charge on any atom is -0.300 e. The fourth-order valence-electron chi connectivity index (χ4n) is 2.63. The molecular weight excluding hydrogens is 274 g/mol. The summed E-state index contributed by atoms with van der Waals surface area (Å²) in [6, 6.07) is 16.4. The second kappa shape index (κ2) is 5.10. The maximum Gasteiger partial charge on any atom is 0.259 e. The molecule has 3 nitrogen and oxygen atoms in total. The first-order valence-electron chi connectivity index (χ1n) is 6.34. The number of hydrogen-bond acceptors (Lipinski definition) is 2. The minimum absolute atomic E-state index is 0.0882. The van der Waals surface area contributed by atoms with E-state index >= 15 is 0 Å². The van der Waals surface area contributed by atoms with E-state index in [2.05, 4.69) is 0 Å². The Balaban J connectivity index is 2.10. The van der Waals surface area contributed by atoms with E-state index in [0.717, 1.165) is 11.3 Å². The molecule has 1 amide bonds. The molecule has 1 unspecified atom stereocenters. The lowest BCUT2D eigenvalue weighted by Gasteiger charge is -2.24. The van der Waals surface area contributed by atoms with Crippen molar-refractivity contribution < 1.29 is 9.59 Å². The van der Waals surface area contributed by atoms with Gasteiger partial charge in [-0.3, -0.25) is 9.59 Å². The third-order valence-corrected chi connectivity index (χ3v) is 3.62. The van der Waals surface area contributed by atoms with Crippen LogP contribution in [0.4, 0.5) is 5.69 Å². The largest absolute Gasteiger partial charge is 0.300 e. The fourth-order valence-corrected chi connectivity index (χ4v) is 2.78. The number of carbonyl (C=O) groups excluding carboxylic acids is 2. The third kappa shape index (κ3) is 2.10. The zero-order valence-electron chi connectivity index (χ0n) is 10.6. The summed E-state index contributed by atoms with van der Waals surface area (Å²) < 4.78 is 0. The van der Waals surface area contributed by atoms with Gasteiger partial charge < -0.3 is 4.90 Å². The van der Waals surface area contributed by atoms with Crippen molar-refractivity contribution in [1.82, 2.24) is 0 Å². The van der Waals surface area contributed by atoms with E-state index in [1.807, 2.05) is 48.5 Å². The van der Waals surface area contributed by atoms with E-state index in [-0.39, 0.29) is 18.4 Å². The second-order valence-electron chi connectivity index (χ2n) is 4.67. The summed E-state index contributed by atoms with van der Waals surface area (Å²) in [4.78, 5) is 25.5. The molecule has 1 aliphatic heterocycles. The number of halogens is 1. The summed E-state index contributed by atoms with van der Waals surface area (Å²) in [5.41, 5.74) is 2.27. The predicted molar refractivity (Wildman–Crippen MR) is 77.9 cm³/mol. The molecule has 2 aromatic carbocycles. The van der Waals surface area contributed by atoms with Gasteiger partial charge in [-0.05, 0) is 35.4 Å². The van der Waals surface area contributed by atoms with Crippen LogP contribution in [0, 0.1) is 0 Å². The van der Waals surface area contributed by atoms with Crippen LogP contribution in [-0.4, -0.2) is 11.1 Å². The normalized spacial score (nSPS) is 17.1. The lowest BCUT2D eigenvalue weighted by Crippen LogP contribution is -2.28. The average Bonchev–Trinajstić information content (AvgIpc) is 2.73. The molecule has 100 valence electrons. The molecule has 0 N–H and O–H groups in total. The Hall–Kier alpha value is -2.13. The molecule has 0 aliphatic carbocycles. The smallest absolute Gasteiger partial charge is 0.259 e. The highest BCUT2D eigenvalue weighted by molar-refractivity contribution is 6.63. The Morgan fingerprint density at radius 1 is 1.05 bits per heavy atom. The maximum atomic E-state index is 12.6. The van der Waals surface area contributed by atoms with Crippen LogP contribution in [0.3, 0.4) is 0 Å². The van der Waals surface area contributed by atoms with Gasteiger partial charge in [0.05, 0.1) is 6.04 Å². The first-order valence-corrected chi connectivity index (χ1v) is 6.72. The standard InChI is InChI=1S/C16H12ClNO2/c17-15(19)10-14-12-8-4-5-9-13(12)16(20)18(14)11-6-2-1-3-7-11/h1-9,14H,10H2. The molecule has 1 atom stereocenters. The molecule has 4 heteroatoms. The Bertz CT molecular complexity index is 669. The molecule has 1 aliphatic rings. The maximum absolute atomic E-state index is 12.6. The minimum atomic E-state index is -0.444. The zero-order chi connectivity index (χ0) is 14.1. The Labute approximate surface area is 121 Å². The van der Waals surface area contributed by atoms with Crippen LogP contribution in [0.1, 0.15) is 28.4 Å². The molecule has 2 aromatic rings. The molecule has 0 saturated carbocycles. The van der Waals surface area contributed by atoms with Crippen molar-refractivity contribution >= 4 is 28.4 Å². The van der Waals surface area contributed by atoms with Crippen LogP contribution in [0.5, 0.6) is 0 Å².